The fraction of sp³-hybridized carbons (Fsp3) is 0.462. The molecule has 0 unspecified atom stereocenters. The third kappa shape index (κ3) is 3.17. The molecule has 1 aliphatic rings. The summed E-state index contributed by atoms with van der Waals surface area (Å²) in [6, 6.07) is 2.17. The number of ether oxygens (including phenoxy) is 1. The number of aromatic carboxylic acids is 1. The van der Waals surface area contributed by atoms with Crippen LogP contribution in [0.15, 0.2) is 17.0 Å². The molecule has 0 aliphatic carbocycles. The van der Waals surface area contributed by atoms with E-state index in [9.17, 15) is 18.3 Å². The highest BCUT2D eigenvalue weighted by Gasteiger charge is 2.28. The molecule has 8 heteroatoms. The van der Waals surface area contributed by atoms with Crippen molar-refractivity contribution < 1.29 is 28.2 Å². The molecule has 0 spiro atoms. The van der Waals surface area contributed by atoms with Crippen LogP contribution in [0.25, 0.3) is 0 Å². The van der Waals surface area contributed by atoms with Crippen LogP contribution in [-0.4, -0.2) is 55.2 Å². The molecular formula is C13H17NO6S. The van der Waals surface area contributed by atoms with Crippen LogP contribution < -0.4 is 0 Å². The summed E-state index contributed by atoms with van der Waals surface area (Å²) in [4.78, 5) is 11.0. The first-order chi connectivity index (χ1) is 9.84. The summed E-state index contributed by atoms with van der Waals surface area (Å²) in [5.41, 5.74) is -0.118. The minimum atomic E-state index is -3.81. The molecule has 0 bridgehead atoms. The van der Waals surface area contributed by atoms with Crippen LogP contribution in [0.5, 0.6) is 5.75 Å². The van der Waals surface area contributed by atoms with Gasteiger partial charge in [-0.15, -0.1) is 0 Å². The molecular weight excluding hydrogens is 298 g/mol. The predicted molar refractivity (Wildman–Crippen MR) is 74.0 cm³/mol. The molecule has 0 amide bonds. The number of aryl methyl sites for hydroxylation is 1. The molecule has 1 fully saturated rings. The fourth-order valence-electron chi connectivity index (χ4n) is 2.22. The molecule has 1 aromatic carbocycles. The first-order valence-electron chi connectivity index (χ1n) is 6.49. The van der Waals surface area contributed by atoms with E-state index >= 15 is 0 Å². The average Bonchev–Trinajstić information content (AvgIpc) is 2.67. The molecule has 0 radical (unpaired) electrons. The summed E-state index contributed by atoms with van der Waals surface area (Å²) in [6.45, 7) is 2.88. The van der Waals surface area contributed by atoms with Crippen molar-refractivity contribution in [3.8, 4) is 5.75 Å². The molecule has 1 heterocycles. The standard InChI is InChI=1S/C13H17NO6S/c1-9-7-11(15)10(13(16)17)8-12(9)21(18,19)14-3-2-5-20-6-4-14/h7-8,15H,2-6H2,1H3,(H,16,17). The van der Waals surface area contributed by atoms with Crippen molar-refractivity contribution in [2.24, 2.45) is 0 Å². The number of sulfonamides is 1. The Hall–Kier alpha value is -1.64. The van der Waals surface area contributed by atoms with Gasteiger partial charge in [-0.3, -0.25) is 0 Å². The molecule has 1 aromatic rings. The third-order valence-electron chi connectivity index (χ3n) is 3.32. The Morgan fingerprint density at radius 2 is 2.00 bits per heavy atom. The van der Waals surface area contributed by atoms with Crippen molar-refractivity contribution in [3.05, 3.63) is 23.3 Å². The second-order valence-corrected chi connectivity index (χ2v) is 6.72. The number of hydrogen-bond donors (Lipinski definition) is 2. The maximum atomic E-state index is 12.6. The van der Waals surface area contributed by atoms with Gasteiger partial charge in [0.25, 0.3) is 0 Å². The second-order valence-electron chi connectivity index (χ2n) is 4.81. The molecule has 2 N–H and O–H groups in total. The quantitative estimate of drug-likeness (QED) is 0.855. The Morgan fingerprint density at radius 1 is 1.29 bits per heavy atom. The number of phenols is 1. The van der Waals surface area contributed by atoms with Gasteiger partial charge in [0.15, 0.2) is 0 Å². The number of hydrogen-bond acceptors (Lipinski definition) is 5. The van der Waals surface area contributed by atoms with Crippen molar-refractivity contribution in [2.75, 3.05) is 26.3 Å². The van der Waals surface area contributed by atoms with Gasteiger partial charge < -0.3 is 14.9 Å². The first-order valence-corrected chi connectivity index (χ1v) is 7.93. The zero-order chi connectivity index (χ0) is 15.6. The average molecular weight is 315 g/mol. The second kappa shape index (κ2) is 6.00. The number of aromatic hydroxyl groups is 1. The first kappa shape index (κ1) is 15.7. The van der Waals surface area contributed by atoms with Crippen molar-refractivity contribution in [2.45, 2.75) is 18.2 Å². The van der Waals surface area contributed by atoms with Crippen LogP contribution in [0, 0.1) is 6.92 Å². The SMILES string of the molecule is Cc1cc(O)c(C(=O)O)cc1S(=O)(=O)N1CCCOCC1. The van der Waals surface area contributed by atoms with E-state index in [1.165, 1.54) is 11.2 Å². The van der Waals surface area contributed by atoms with E-state index in [0.29, 0.717) is 31.7 Å². The highest BCUT2D eigenvalue weighted by Crippen LogP contribution is 2.28. The third-order valence-corrected chi connectivity index (χ3v) is 5.36. The zero-order valence-corrected chi connectivity index (χ0v) is 12.4. The Balaban J connectivity index is 2.48. The summed E-state index contributed by atoms with van der Waals surface area (Å²) < 4.78 is 31.8. The van der Waals surface area contributed by atoms with Crippen LogP contribution >= 0.6 is 0 Å². The van der Waals surface area contributed by atoms with E-state index in [1.54, 1.807) is 0 Å². The lowest BCUT2D eigenvalue weighted by molar-refractivity contribution is 0.0693. The lowest BCUT2D eigenvalue weighted by Crippen LogP contribution is -2.33. The van der Waals surface area contributed by atoms with Gasteiger partial charge in [0, 0.05) is 19.7 Å². The number of carboxylic acids is 1. The number of rotatable bonds is 3. The molecule has 0 atom stereocenters. The maximum absolute atomic E-state index is 12.6. The van der Waals surface area contributed by atoms with E-state index in [1.807, 2.05) is 0 Å². The van der Waals surface area contributed by atoms with Gasteiger partial charge in [-0.1, -0.05) is 0 Å². The monoisotopic (exact) mass is 315 g/mol. The molecule has 0 saturated carbocycles. The van der Waals surface area contributed by atoms with Gasteiger partial charge >= 0.3 is 5.97 Å². The van der Waals surface area contributed by atoms with Crippen molar-refractivity contribution >= 4 is 16.0 Å². The van der Waals surface area contributed by atoms with Gasteiger partial charge in [0.05, 0.1) is 11.5 Å². The normalized spacial score (nSPS) is 17.4. The number of carbonyl (C=O) groups is 1. The number of benzene rings is 1. The summed E-state index contributed by atoms with van der Waals surface area (Å²) >= 11 is 0. The van der Waals surface area contributed by atoms with E-state index in [2.05, 4.69) is 0 Å². The molecule has 21 heavy (non-hydrogen) atoms. The minimum Gasteiger partial charge on any atom is -0.507 e. The van der Waals surface area contributed by atoms with Gasteiger partial charge in [-0.2, -0.15) is 4.31 Å². The number of nitrogens with zero attached hydrogens (tertiary/aromatic N) is 1. The van der Waals surface area contributed by atoms with Crippen LogP contribution in [0.1, 0.15) is 22.3 Å². The van der Waals surface area contributed by atoms with Gasteiger partial charge in [0.2, 0.25) is 10.0 Å². The summed E-state index contributed by atoms with van der Waals surface area (Å²) in [7, 11) is -3.81. The van der Waals surface area contributed by atoms with E-state index in [0.717, 1.165) is 12.1 Å². The Labute approximate surface area is 122 Å². The topological polar surface area (TPSA) is 104 Å². The lowest BCUT2D eigenvalue weighted by atomic mass is 10.1. The van der Waals surface area contributed by atoms with E-state index in [-0.39, 0.29) is 11.4 Å². The molecule has 0 aromatic heterocycles. The van der Waals surface area contributed by atoms with Gasteiger partial charge in [-0.25, -0.2) is 13.2 Å². The minimum absolute atomic E-state index is 0.0976. The lowest BCUT2D eigenvalue weighted by Gasteiger charge is -2.21. The molecule has 1 aliphatic heterocycles. The Morgan fingerprint density at radius 3 is 2.67 bits per heavy atom. The summed E-state index contributed by atoms with van der Waals surface area (Å²) in [5, 5.41) is 18.6. The highest BCUT2D eigenvalue weighted by molar-refractivity contribution is 7.89. The van der Waals surface area contributed by atoms with Gasteiger partial charge in [-0.05, 0) is 31.0 Å². The van der Waals surface area contributed by atoms with Crippen LogP contribution in [-0.2, 0) is 14.8 Å². The molecule has 116 valence electrons. The van der Waals surface area contributed by atoms with Crippen LogP contribution in [0.4, 0.5) is 0 Å². The Kier molecular flexibility index (Phi) is 4.50. The molecule has 2 rings (SSSR count). The largest absolute Gasteiger partial charge is 0.507 e. The summed E-state index contributed by atoms with van der Waals surface area (Å²) in [6.07, 6.45) is 0.585. The fourth-order valence-corrected chi connectivity index (χ4v) is 3.92. The molecule has 7 nitrogen and oxygen atoms in total. The zero-order valence-electron chi connectivity index (χ0n) is 11.6. The van der Waals surface area contributed by atoms with Crippen LogP contribution in [0.3, 0.4) is 0 Å². The Bertz CT molecular complexity index is 647. The van der Waals surface area contributed by atoms with Crippen molar-refractivity contribution in [3.63, 3.8) is 0 Å². The van der Waals surface area contributed by atoms with Crippen LogP contribution in [0.2, 0.25) is 0 Å². The van der Waals surface area contributed by atoms with E-state index < -0.39 is 27.3 Å². The maximum Gasteiger partial charge on any atom is 0.339 e. The van der Waals surface area contributed by atoms with Crippen molar-refractivity contribution in [1.29, 1.82) is 0 Å². The molecule has 1 saturated heterocycles. The number of carboxylic acid groups (broad SMARTS) is 1. The summed E-state index contributed by atoms with van der Waals surface area (Å²) in [5.74, 6) is -1.82. The highest BCUT2D eigenvalue weighted by atomic mass is 32.2. The smallest absolute Gasteiger partial charge is 0.339 e. The van der Waals surface area contributed by atoms with E-state index in [4.69, 9.17) is 9.84 Å². The van der Waals surface area contributed by atoms with Crippen molar-refractivity contribution in [1.82, 2.24) is 4.31 Å². The predicted octanol–water partition coefficient (Wildman–Crippen LogP) is 0.810. The van der Waals surface area contributed by atoms with Gasteiger partial charge in [0.1, 0.15) is 11.3 Å².